The van der Waals surface area contributed by atoms with Gasteiger partial charge in [0.25, 0.3) is 0 Å². The van der Waals surface area contributed by atoms with E-state index in [2.05, 4.69) is 15.1 Å². The predicted octanol–water partition coefficient (Wildman–Crippen LogP) is 2.55. The lowest BCUT2D eigenvalue weighted by Crippen LogP contribution is -2.49. The number of rotatable bonds is 4. The van der Waals surface area contributed by atoms with E-state index in [4.69, 9.17) is 0 Å². The van der Waals surface area contributed by atoms with Crippen molar-refractivity contribution >= 4 is 15.8 Å². The average molecular weight is 445 g/mol. The van der Waals surface area contributed by atoms with Crippen LogP contribution in [-0.2, 0) is 10.0 Å². The van der Waals surface area contributed by atoms with E-state index in [1.54, 1.807) is 11.6 Å². The number of anilines is 1. The van der Waals surface area contributed by atoms with E-state index in [1.165, 1.54) is 22.5 Å². The summed E-state index contributed by atoms with van der Waals surface area (Å²) in [5.41, 5.74) is 2.29. The third-order valence-corrected chi connectivity index (χ3v) is 7.41. The summed E-state index contributed by atoms with van der Waals surface area (Å²) in [7, 11) is -3.68. The second-order valence-electron chi connectivity index (χ2n) is 7.77. The maximum Gasteiger partial charge on any atom is 0.243 e. The van der Waals surface area contributed by atoms with Gasteiger partial charge in [0, 0.05) is 37.9 Å². The summed E-state index contributed by atoms with van der Waals surface area (Å²) in [6.07, 6.45) is 0. The number of hydrogen-bond donors (Lipinski definition) is 0. The van der Waals surface area contributed by atoms with E-state index in [-0.39, 0.29) is 4.90 Å². The molecule has 1 fully saturated rings. The molecule has 8 nitrogen and oxygen atoms in total. The second kappa shape index (κ2) is 8.01. The number of halogens is 1. The van der Waals surface area contributed by atoms with E-state index in [1.807, 2.05) is 37.8 Å². The fourth-order valence-electron chi connectivity index (χ4n) is 3.87. The van der Waals surface area contributed by atoms with E-state index >= 15 is 0 Å². The Morgan fingerprint density at radius 1 is 0.903 bits per heavy atom. The van der Waals surface area contributed by atoms with Gasteiger partial charge in [-0.15, -0.1) is 0 Å². The lowest BCUT2D eigenvalue weighted by Gasteiger charge is -2.35. The molecule has 1 aliphatic heterocycles. The lowest BCUT2D eigenvalue weighted by molar-refractivity contribution is 0.383. The zero-order valence-electron chi connectivity index (χ0n) is 18.0. The molecule has 1 aliphatic rings. The number of aryl methyl sites for hydroxylation is 4. The first-order chi connectivity index (χ1) is 14.6. The number of hydrogen-bond acceptors (Lipinski definition) is 6. The van der Waals surface area contributed by atoms with Crippen LogP contribution in [0.2, 0.25) is 0 Å². The highest BCUT2D eigenvalue weighted by Gasteiger charge is 2.30. The molecule has 0 radical (unpaired) electrons. The quantitative estimate of drug-likeness (QED) is 0.615. The summed E-state index contributed by atoms with van der Waals surface area (Å²) in [5.74, 6) is 1.60. The van der Waals surface area contributed by atoms with Crippen LogP contribution in [-0.4, -0.2) is 58.7 Å². The minimum atomic E-state index is -3.68. The van der Waals surface area contributed by atoms with Gasteiger partial charge in [0.2, 0.25) is 10.0 Å². The third kappa shape index (κ3) is 4.17. The van der Waals surface area contributed by atoms with E-state index in [0.29, 0.717) is 43.4 Å². The first-order valence-electron chi connectivity index (χ1n) is 10.1. The van der Waals surface area contributed by atoms with Gasteiger partial charge in [0.1, 0.15) is 17.5 Å². The van der Waals surface area contributed by atoms with Crippen molar-refractivity contribution in [1.29, 1.82) is 0 Å². The van der Waals surface area contributed by atoms with Gasteiger partial charge in [-0.2, -0.15) is 9.40 Å². The molecule has 2 aromatic heterocycles. The molecule has 0 saturated carbocycles. The van der Waals surface area contributed by atoms with E-state index in [9.17, 15) is 12.8 Å². The van der Waals surface area contributed by atoms with Crippen LogP contribution >= 0.6 is 0 Å². The minimum Gasteiger partial charge on any atom is -0.354 e. The van der Waals surface area contributed by atoms with Crippen molar-refractivity contribution in [2.45, 2.75) is 32.6 Å². The molecule has 0 aliphatic carbocycles. The van der Waals surface area contributed by atoms with Crippen molar-refractivity contribution in [2.24, 2.45) is 0 Å². The van der Waals surface area contributed by atoms with Crippen LogP contribution in [0.1, 0.15) is 22.8 Å². The minimum absolute atomic E-state index is 0.145. The van der Waals surface area contributed by atoms with Crippen LogP contribution in [0.25, 0.3) is 5.82 Å². The van der Waals surface area contributed by atoms with Crippen molar-refractivity contribution < 1.29 is 12.8 Å². The van der Waals surface area contributed by atoms with Crippen molar-refractivity contribution in [3.8, 4) is 5.82 Å². The summed E-state index contributed by atoms with van der Waals surface area (Å²) in [5, 5.41) is 4.49. The number of benzene rings is 1. The molecule has 0 amide bonds. The molecule has 3 heterocycles. The van der Waals surface area contributed by atoms with Gasteiger partial charge in [-0.25, -0.2) is 27.5 Å². The fourth-order valence-corrected chi connectivity index (χ4v) is 5.49. The van der Waals surface area contributed by atoms with Gasteiger partial charge in [0.15, 0.2) is 5.82 Å². The zero-order valence-corrected chi connectivity index (χ0v) is 18.8. The molecular weight excluding hydrogens is 419 g/mol. The normalized spacial score (nSPS) is 15.5. The molecule has 0 unspecified atom stereocenters. The highest BCUT2D eigenvalue weighted by molar-refractivity contribution is 7.89. The van der Waals surface area contributed by atoms with Gasteiger partial charge in [-0.05, 0) is 57.5 Å². The predicted molar refractivity (Wildman–Crippen MR) is 115 cm³/mol. The van der Waals surface area contributed by atoms with Gasteiger partial charge >= 0.3 is 0 Å². The standard InChI is InChI=1S/C21H25FN6O2S/c1-14-11-18(22)5-6-19(14)31(29,30)27-9-7-26(8-10-27)20-13-21(24-17(4)23-20)28-16(3)12-15(2)25-28/h5-6,11-13H,7-10H2,1-4H3. The number of nitrogens with zero attached hydrogens (tertiary/aromatic N) is 6. The molecule has 31 heavy (non-hydrogen) atoms. The first-order valence-corrected chi connectivity index (χ1v) is 11.5. The van der Waals surface area contributed by atoms with Crippen molar-refractivity contribution in [2.75, 3.05) is 31.1 Å². The molecule has 1 aromatic carbocycles. The van der Waals surface area contributed by atoms with Crippen LogP contribution < -0.4 is 4.90 Å². The first kappa shape index (κ1) is 21.4. The molecule has 3 aromatic rings. The molecular formula is C21H25FN6O2S. The molecule has 0 bridgehead atoms. The van der Waals surface area contributed by atoms with Crippen molar-refractivity contribution in [1.82, 2.24) is 24.1 Å². The number of sulfonamides is 1. The van der Waals surface area contributed by atoms with Crippen LogP contribution in [0.5, 0.6) is 0 Å². The van der Waals surface area contributed by atoms with Gasteiger partial charge < -0.3 is 4.90 Å². The summed E-state index contributed by atoms with van der Waals surface area (Å²) in [6, 6.07) is 7.62. The molecule has 0 N–H and O–H groups in total. The molecule has 1 saturated heterocycles. The van der Waals surface area contributed by atoms with Gasteiger partial charge in [-0.3, -0.25) is 0 Å². The topological polar surface area (TPSA) is 84.2 Å². The SMILES string of the molecule is Cc1cc(C)n(-c2cc(N3CCN(S(=O)(=O)c4ccc(F)cc4C)CC3)nc(C)n2)n1. The highest BCUT2D eigenvalue weighted by Crippen LogP contribution is 2.24. The summed E-state index contributed by atoms with van der Waals surface area (Å²) >= 11 is 0. The zero-order chi connectivity index (χ0) is 22.3. The van der Waals surface area contributed by atoms with Crippen molar-refractivity contribution in [3.05, 3.63) is 58.9 Å². The van der Waals surface area contributed by atoms with Crippen LogP contribution in [0.3, 0.4) is 0 Å². The molecule has 4 rings (SSSR count). The maximum absolute atomic E-state index is 13.4. The van der Waals surface area contributed by atoms with E-state index in [0.717, 1.165) is 17.2 Å². The molecule has 0 atom stereocenters. The third-order valence-electron chi connectivity index (χ3n) is 5.35. The Hall–Kier alpha value is -2.85. The Morgan fingerprint density at radius 2 is 1.58 bits per heavy atom. The highest BCUT2D eigenvalue weighted by atomic mass is 32.2. The Labute approximate surface area is 181 Å². The number of aromatic nitrogens is 4. The Kier molecular flexibility index (Phi) is 5.52. The van der Waals surface area contributed by atoms with Crippen LogP contribution in [0.4, 0.5) is 10.2 Å². The van der Waals surface area contributed by atoms with Gasteiger partial charge in [0.05, 0.1) is 10.6 Å². The lowest BCUT2D eigenvalue weighted by atomic mass is 10.2. The average Bonchev–Trinajstić information content (AvgIpc) is 3.05. The summed E-state index contributed by atoms with van der Waals surface area (Å²) in [4.78, 5) is 11.3. The van der Waals surface area contributed by atoms with Crippen molar-refractivity contribution in [3.63, 3.8) is 0 Å². The summed E-state index contributed by atoms with van der Waals surface area (Å²) < 4.78 is 42.7. The van der Waals surface area contributed by atoms with Gasteiger partial charge in [-0.1, -0.05) is 0 Å². The fraction of sp³-hybridized carbons (Fsp3) is 0.381. The second-order valence-corrected chi connectivity index (χ2v) is 9.68. The maximum atomic E-state index is 13.4. The monoisotopic (exact) mass is 444 g/mol. The Morgan fingerprint density at radius 3 is 2.19 bits per heavy atom. The molecule has 164 valence electrons. The van der Waals surface area contributed by atoms with Crippen LogP contribution in [0.15, 0.2) is 35.2 Å². The van der Waals surface area contributed by atoms with E-state index < -0.39 is 15.8 Å². The Balaban J connectivity index is 1.54. The smallest absolute Gasteiger partial charge is 0.243 e. The van der Waals surface area contributed by atoms with Crippen LogP contribution in [0, 0.1) is 33.5 Å². The Bertz CT molecular complexity index is 1230. The number of piperazine rings is 1. The molecule has 0 spiro atoms. The summed E-state index contributed by atoms with van der Waals surface area (Å²) in [6.45, 7) is 8.96. The largest absolute Gasteiger partial charge is 0.354 e. The molecule has 10 heteroatoms.